The first kappa shape index (κ1) is 14.2. The molecule has 90 valence electrons. The topological polar surface area (TPSA) is 58.9 Å². The summed E-state index contributed by atoms with van der Waals surface area (Å²) in [6, 6.07) is 2.93. The molecule has 0 spiro atoms. The largest absolute Gasteiger partial charge is 0.421 e. The third-order valence-electron chi connectivity index (χ3n) is 1.68. The van der Waals surface area contributed by atoms with E-state index in [2.05, 4.69) is 16.3 Å². The second kappa shape index (κ2) is 5.65. The average Bonchev–Trinajstić information content (AvgIpc) is 2.23. The lowest BCUT2D eigenvalue weighted by atomic mass is 10.2. The average molecular weight is 303 g/mol. The van der Waals surface area contributed by atoms with Crippen LogP contribution in [0.1, 0.15) is 5.56 Å². The van der Waals surface area contributed by atoms with Gasteiger partial charge in [-0.05, 0) is 17.7 Å². The molecule has 1 aromatic rings. The van der Waals surface area contributed by atoms with E-state index in [0.717, 1.165) is 0 Å². The van der Waals surface area contributed by atoms with Crippen LogP contribution < -0.4 is 4.52 Å². The van der Waals surface area contributed by atoms with Gasteiger partial charge in [-0.2, -0.15) is 0 Å². The summed E-state index contributed by atoms with van der Waals surface area (Å²) in [5, 5.41) is 9.21. The Morgan fingerprint density at radius 3 is 2.25 bits per heavy atom. The standard InChI is InChI=1S/C8H9Cl2O4PS/c1-13-15(12,16)14-8-6(9)2-5(4-11)3-7(8)10/h2-3,11H,4H2,1H3,(H,12,16). The summed E-state index contributed by atoms with van der Waals surface area (Å²) in [7, 11) is 1.23. The van der Waals surface area contributed by atoms with E-state index >= 15 is 0 Å². The molecule has 0 aliphatic carbocycles. The first-order chi connectivity index (χ1) is 7.39. The molecular formula is C8H9Cl2O4PS. The van der Waals surface area contributed by atoms with Crippen molar-refractivity contribution in [3.63, 3.8) is 0 Å². The van der Waals surface area contributed by atoms with Crippen LogP contribution in [0.3, 0.4) is 0 Å². The van der Waals surface area contributed by atoms with Gasteiger partial charge in [0.15, 0.2) is 5.75 Å². The Morgan fingerprint density at radius 1 is 1.38 bits per heavy atom. The van der Waals surface area contributed by atoms with E-state index in [-0.39, 0.29) is 22.4 Å². The van der Waals surface area contributed by atoms with Crippen molar-refractivity contribution in [2.45, 2.75) is 6.61 Å². The summed E-state index contributed by atoms with van der Waals surface area (Å²) in [4.78, 5) is 9.47. The molecule has 8 heteroatoms. The van der Waals surface area contributed by atoms with Gasteiger partial charge in [-0.3, -0.25) is 0 Å². The van der Waals surface area contributed by atoms with Crippen LogP contribution in [0.15, 0.2) is 12.1 Å². The van der Waals surface area contributed by atoms with Gasteiger partial charge >= 0.3 is 6.72 Å². The van der Waals surface area contributed by atoms with E-state index in [0.29, 0.717) is 5.56 Å². The molecule has 0 fully saturated rings. The maximum Gasteiger partial charge on any atom is 0.377 e. The molecule has 2 N–H and O–H groups in total. The second-order valence-electron chi connectivity index (χ2n) is 2.79. The molecule has 4 nitrogen and oxygen atoms in total. The van der Waals surface area contributed by atoms with Crippen molar-refractivity contribution in [3.05, 3.63) is 27.7 Å². The first-order valence-corrected chi connectivity index (χ1v) is 7.41. The number of aliphatic hydroxyl groups excluding tert-OH is 1. The lowest BCUT2D eigenvalue weighted by Crippen LogP contribution is -1.96. The fraction of sp³-hybridized carbons (Fsp3) is 0.250. The van der Waals surface area contributed by atoms with Crippen LogP contribution in [0.25, 0.3) is 0 Å². The van der Waals surface area contributed by atoms with Crippen LogP contribution in [0.4, 0.5) is 0 Å². The van der Waals surface area contributed by atoms with E-state index < -0.39 is 6.72 Å². The van der Waals surface area contributed by atoms with Gasteiger partial charge in [0, 0.05) is 18.9 Å². The van der Waals surface area contributed by atoms with Crippen LogP contribution in [-0.4, -0.2) is 17.1 Å². The molecule has 1 atom stereocenters. The van der Waals surface area contributed by atoms with Crippen LogP contribution in [0, 0.1) is 0 Å². The van der Waals surface area contributed by atoms with Crippen molar-refractivity contribution in [1.82, 2.24) is 0 Å². The molecule has 0 heterocycles. The highest BCUT2D eigenvalue weighted by Gasteiger charge is 2.19. The molecule has 0 aliphatic heterocycles. The molecule has 1 rings (SSSR count). The SMILES string of the molecule is COP(O)(=S)Oc1c(Cl)cc(CO)cc1Cl. The van der Waals surface area contributed by atoms with Gasteiger partial charge < -0.3 is 19.0 Å². The number of hydrogen-bond acceptors (Lipinski definition) is 4. The third kappa shape index (κ3) is 3.57. The number of benzene rings is 1. The molecule has 0 aliphatic rings. The Morgan fingerprint density at radius 2 is 1.88 bits per heavy atom. The van der Waals surface area contributed by atoms with E-state index in [1.807, 2.05) is 0 Å². The number of aliphatic hydroxyl groups is 1. The Kier molecular flexibility index (Phi) is 5.01. The predicted molar refractivity (Wildman–Crippen MR) is 66.5 cm³/mol. The van der Waals surface area contributed by atoms with Crippen molar-refractivity contribution in [2.24, 2.45) is 0 Å². The minimum absolute atomic E-state index is 0.0493. The van der Waals surface area contributed by atoms with E-state index in [9.17, 15) is 4.89 Å². The summed E-state index contributed by atoms with van der Waals surface area (Å²) in [6.45, 7) is -3.57. The lowest BCUT2D eigenvalue weighted by molar-refractivity contribution is 0.281. The monoisotopic (exact) mass is 302 g/mol. The van der Waals surface area contributed by atoms with Crippen molar-refractivity contribution < 1.29 is 19.0 Å². The highest BCUT2D eigenvalue weighted by molar-refractivity contribution is 8.07. The van der Waals surface area contributed by atoms with Crippen LogP contribution in [0.5, 0.6) is 5.75 Å². The molecule has 1 aromatic carbocycles. The van der Waals surface area contributed by atoms with Gasteiger partial charge in [-0.1, -0.05) is 23.2 Å². The molecule has 0 bridgehead atoms. The Labute approximate surface area is 108 Å². The Bertz CT molecular complexity index is 417. The zero-order valence-electron chi connectivity index (χ0n) is 8.18. The molecular weight excluding hydrogens is 294 g/mol. The van der Waals surface area contributed by atoms with Gasteiger partial charge in [0.2, 0.25) is 0 Å². The zero-order valence-corrected chi connectivity index (χ0v) is 11.4. The van der Waals surface area contributed by atoms with Gasteiger partial charge in [0.1, 0.15) is 0 Å². The fourth-order valence-electron chi connectivity index (χ4n) is 0.944. The van der Waals surface area contributed by atoms with Crippen molar-refractivity contribution in [3.8, 4) is 5.75 Å². The molecule has 0 aromatic heterocycles. The van der Waals surface area contributed by atoms with Gasteiger partial charge in [0.05, 0.1) is 16.7 Å². The fourth-order valence-corrected chi connectivity index (χ4v) is 2.39. The number of halogens is 2. The molecule has 0 radical (unpaired) electrons. The van der Waals surface area contributed by atoms with Gasteiger partial charge in [-0.15, -0.1) is 0 Å². The lowest BCUT2D eigenvalue weighted by Gasteiger charge is -2.16. The molecule has 16 heavy (non-hydrogen) atoms. The maximum atomic E-state index is 9.47. The van der Waals surface area contributed by atoms with E-state index in [4.69, 9.17) is 32.8 Å². The second-order valence-corrected chi connectivity index (χ2v) is 6.47. The summed E-state index contributed by atoms with van der Waals surface area (Å²) < 4.78 is 9.63. The van der Waals surface area contributed by atoms with Crippen LogP contribution in [0.2, 0.25) is 10.0 Å². The number of hydrogen-bond donors (Lipinski definition) is 2. The predicted octanol–water partition coefficient (Wildman–Crippen LogP) is 2.73. The molecule has 1 unspecified atom stereocenters. The quantitative estimate of drug-likeness (QED) is 0.838. The first-order valence-electron chi connectivity index (χ1n) is 4.06. The minimum Gasteiger partial charge on any atom is -0.421 e. The van der Waals surface area contributed by atoms with Crippen molar-refractivity contribution in [2.75, 3.05) is 7.11 Å². The Balaban J connectivity index is 3.11. The summed E-state index contributed by atoms with van der Waals surface area (Å²) in [6.07, 6.45) is 0. The highest BCUT2D eigenvalue weighted by Crippen LogP contribution is 2.48. The molecule has 0 saturated carbocycles. The minimum atomic E-state index is -3.37. The summed E-state index contributed by atoms with van der Waals surface area (Å²) >= 11 is 16.4. The summed E-state index contributed by atoms with van der Waals surface area (Å²) in [5.41, 5.74) is 0.533. The van der Waals surface area contributed by atoms with Crippen LogP contribution in [-0.2, 0) is 22.9 Å². The number of rotatable bonds is 4. The summed E-state index contributed by atoms with van der Waals surface area (Å²) in [5.74, 6) is 0.0493. The maximum absolute atomic E-state index is 9.47. The van der Waals surface area contributed by atoms with Crippen LogP contribution >= 0.6 is 29.9 Å². The van der Waals surface area contributed by atoms with E-state index in [1.54, 1.807) is 0 Å². The normalized spacial score (nSPS) is 14.6. The Hall–Kier alpha value is 0.130. The zero-order chi connectivity index (χ0) is 12.3. The van der Waals surface area contributed by atoms with E-state index in [1.165, 1.54) is 19.2 Å². The van der Waals surface area contributed by atoms with Crippen molar-refractivity contribution >= 4 is 41.7 Å². The molecule has 0 saturated heterocycles. The van der Waals surface area contributed by atoms with Crippen molar-refractivity contribution in [1.29, 1.82) is 0 Å². The smallest absolute Gasteiger partial charge is 0.377 e. The third-order valence-corrected chi connectivity index (χ3v) is 3.79. The van der Waals surface area contributed by atoms with Gasteiger partial charge in [-0.25, -0.2) is 0 Å². The van der Waals surface area contributed by atoms with Gasteiger partial charge in [0.25, 0.3) is 0 Å². The molecule has 0 amide bonds. The highest BCUT2D eigenvalue weighted by atomic mass is 35.5.